The molecule has 10 nitrogen and oxygen atoms in total. The normalized spacial score (nSPS) is 20.1. The molecule has 2 rings (SSSR count). The molecule has 4 atom stereocenters. The van der Waals surface area contributed by atoms with Crippen molar-refractivity contribution in [2.45, 2.75) is 38.6 Å². The lowest BCUT2D eigenvalue weighted by Crippen LogP contribution is -2.28. The van der Waals surface area contributed by atoms with Crippen LogP contribution in [0.4, 0.5) is 4.79 Å². The molecule has 0 bridgehead atoms. The molecule has 0 aliphatic heterocycles. The highest BCUT2D eigenvalue weighted by Gasteiger charge is 2.53. The second-order valence-electron chi connectivity index (χ2n) is 7.15. The molecule has 1 aliphatic rings. The summed E-state index contributed by atoms with van der Waals surface area (Å²) in [6.45, 7) is 1.55. The van der Waals surface area contributed by atoms with Crippen molar-refractivity contribution in [3.63, 3.8) is 0 Å². The van der Waals surface area contributed by atoms with Crippen LogP contribution in [0.2, 0.25) is 0 Å². The third-order valence-corrected chi connectivity index (χ3v) is 6.91. The van der Waals surface area contributed by atoms with Crippen molar-refractivity contribution in [2.75, 3.05) is 19.5 Å². The van der Waals surface area contributed by atoms with Crippen LogP contribution in [0.15, 0.2) is 30.3 Å². The van der Waals surface area contributed by atoms with Gasteiger partial charge in [-0.1, -0.05) is 30.3 Å². The topological polar surface area (TPSA) is 148 Å². The fraction of sp³-hybridized carbons (Fsp3) is 0.550. The average molecular weight is 457 g/mol. The Labute approximate surface area is 180 Å². The lowest BCUT2D eigenvalue weighted by atomic mass is 10.2. The van der Waals surface area contributed by atoms with Crippen LogP contribution in [-0.4, -0.2) is 53.4 Å². The van der Waals surface area contributed by atoms with E-state index in [-0.39, 0.29) is 32.2 Å². The van der Waals surface area contributed by atoms with Gasteiger partial charge in [-0.25, -0.2) is 4.79 Å². The molecule has 1 aromatic carbocycles. The Balaban J connectivity index is 1.59. The number of hydrogen-bond acceptors (Lipinski definition) is 8. The van der Waals surface area contributed by atoms with E-state index in [4.69, 9.17) is 14.2 Å². The van der Waals surface area contributed by atoms with Gasteiger partial charge in [0.2, 0.25) is 7.37 Å². The molecule has 3 unspecified atom stereocenters. The first-order valence-electron chi connectivity index (χ1n) is 10.0. The lowest BCUT2D eigenvalue weighted by Gasteiger charge is -2.18. The molecule has 0 heterocycles. The van der Waals surface area contributed by atoms with Gasteiger partial charge in [-0.3, -0.25) is 19.5 Å². The van der Waals surface area contributed by atoms with E-state index in [9.17, 15) is 28.9 Å². The van der Waals surface area contributed by atoms with Crippen molar-refractivity contribution in [1.29, 1.82) is 0 Å². The lowest BCUT2D eigenvalue weighted by molar-refractivity contribution is -0.145. The second kappa shape index (κ2) is 11.8. The van der Waals surface area contributed by atoms with Crippen molar-refractivity contribution in [3.8, 4) is 0 Å². The predicted octanol–water partition coefficient (Wildman–Crippen LogP) is 1.98. The van der Waals surface area contributed by atoms with Gasteiger partial charge in [-0.2, -0.15) is 0 Å². The zero-order chi connectivity index (χ0) is 22.9. The van der Waals surface area contributed by atoms with Crippen LogP contribution in [0.1, 0.15) is 31.7 Å². The van der Waals surface area contributed by atoms with Gasteiger partial charge in [-0.05, 0) is 25.3 Å². The molecular formula is C20H28NO9P. The summed E-state index contributed by atoms with van der Waals surface area (Å²) in [7, 11) is -3.96. The molecule has 1 saturated carbocycles. The Morgan fingerprint density at radius 1 is 1.19 bits per heavy atom. The van der Waals surface area contributed by atoms with E-state index in [1.165, 1.54) is 0 Å². The van der Waals surface area contributed by atoms with Gasteiger partial charge >= 0.3 is 18.0 Å². The Bertz CT molecular complexity index is 801. The molecule has 11 heteroatoms. The molecule has 1 aliphatic carbocycles. The number of ether oxygens (including phenoxy) is 3. The SMILES string of the molecule is CCOC(=O)C1CC1[C@@H](O)P(=O)(O)CCCC(=O)OCNC(=O)OCc1ccccc1. The van der Waals surface area contributed by atoms with Crippen molar-refractivity contribution < 1.29 is 43.2 Å². The standard InChI is InChI=1S/C20H28NO9P/c1-2-28-18(23)15-11-16(15)19(24)31(26,27)10-6-9-17(22)30-13-21-20(25)29-12-14-7-4-3-5-8-14/h3-5,7-8,15-16,19,24H,2,6,9-13H2,1H3,(H,21,25)(H,26,27)/t15?,16?,19-/m0/s1. The first-order chi connectivity index (χ1) is 14.7. The van der Waals surface area contributed by atoms with Crippen molar-refractivity contribution in [1.82, 2.24) is 5.32 Å². The highest BCUT2D eigenvalue weighted by atomic mass is 31.2. The molecule has 0 aromatic heterocycles. The first kappa shape index (κ1) is 24.8. The maximum absolute atomic E-state index is 12.3. The van der Waals surface area contributed by atoms with E-state index >= 15 is 0 Å². The first-order valence-corrected chi connectivity index (χ1v) is 11.9. The quantitative estimate of drug-likeness (QED) is 0.185. The summed E-state index contributed by atoms with van der Waals surface area (Å²) < 4.78 is 27.0. The Morgan fingerprint density at radius 2 is 1.90 bits per heavy atom. The molecule has 0 radical (unpaired) electrons. The zero-order valence-electron chi connectivity index (χ0n) is 17.3. The molecular weight excluding hydrogens is 429 g/mol. The number of hydrogen-bond donors (Lipinski definition) is 3. The van der Waals surface area contributed by atoms with Gasteiger partial charge in [0.1, 0.15) is 12.5 Å². The van der Waals surface area contributed by atoms with E-state index in [0.717, 1.165) is 5.56 Å². The fourth-order valence-electron chi connectivity index (χ4n) is 2.97. The van der Waals surface area contributed by atoms with Crippen LogP contribution in [-0.2, 0) is 35.0 Å². The van der Waals surface area contributed by atoms with Gasteiger partial charge in [0, 0.05) is 18.5 Å². The number of carbonyl (C=O) groups is 3. The monoisotopic (exact) mass is 457 g/mol. The smallest absolute Gasteiger partial charge is 0.410 e. The van der Waals surface area contributed by atoms with Crippen molar-refractivity contribution >= 4 is 25.4 Å². The summed E-state index contributed by atoms with van der Waals surface area (Å²) in [5, 5.41) is 12.4. The molecule has 172 valence electrons. The fourth-order valence-corrected chi connectivity index (χ4v) is 4.77. The number of aliphatic hydroxyl groups excluding tert-OH is 1. The van der Waals surface area contributed by atoms with E-state index in [1.54, 1.807) is 19.1 Å². The van der Waals surface area contributed by atoms with E-state index < -0.39 is 49.8 Å². The Kier molecular flexibility index (Phi) is 9.48. The van der Waals surface area contributed by atoms with E-state index in [0.29, 0.717) is 6.42 Å². The summed E-state index contributed by atoms with van der Waals surface area (Å²) in [5.41, 5.74) is 0.810. The average Bonchev–Trinajstić information content (AvgIpc) is 3.53. The predicted molar refractivity (Wildman–Crippen MR) is 109 cm³/mol. The minimum Gasteiger partial charge on any atom is -0.466 e. The minimum atomic E-state index is -3.96. The van der Waals surface area contributed by atoms with Gasteiger partial charge in [-0.15, -0.1) is 0 Å². The number of esters is 2. The van der Waals surface area contributed by atoms with Crippen LogP contribution in [0.25, 0.3) is 0 Å². The Hall–Kier alpha value is -2.42. The number of carbonyl (C=O) groups excluding carboxylic acids is 3. The van der Waals surface area contributed by atoms with Gasteiger partial charge < -0.3 is 24.2 Å². The maximum atomic E-state index is 12.3. The molecule has 31 heavy (non-hydrogen) atoms. The number of alkyl carbamates (subject to hydrolysis) is 1. The number of benzene rings is 1. The van der Waals surface area contributed by atoms with Crippen molar-refractivity contribution in [2.24, 2.45) is 11.8 Å². The second-order valence-corrected chi connectivity index (χ2v) is 9.64. The third kappa shape index (κ3) is 8.32. The van der Waals surface area contributed by atoms with Crippen molar-refractivity contribution in [3.05, 3.63) is 35.9 Å². The molecule has 0 spiro atoms. The van der Waals surface area contributed by atoms with Crippen LogP contribution >= 0.6 is 7.37 Å². The number of nitrogens with one attached hydrogen (secondary N) is 1. The van der Waals surface area contributed by atoms with Crippen LogP contribution in [0.3, 0.4) is 0 Å². The molecule has 3 N–H and O–H groups in total. The zero-order valence-corrected chi connectivity index (χ0v) is 18.2. The summed E-state index contributed by atoms with van der Waals surface area (Å²) >= 11 is 0. The Morgan fingerprint density at radius 3 is 2.58 bits per heavy atom. The number of aliphatic hydroxyl groups is 1. The maximum Gasteiger partial charge on any atom is 0.410 e. The number of amides is 1. The van der Waals surface area contributed by atoms with E-state index in [2.05, 4.69) is 5.32 Å². The molecule has 0 saturated heterocycles. The van der Waals surface area contributed by atoms with Gasteiger partial charge in [0.25, 0.3) is 0 Å². The summed E-state index contributed by atoms with van der Waals surface area (Å²) in [6, 6.07) is 9.05. The summed E-state index contributed by atoms with van der Waals surface area (Å²) in [4.78, 5) is 44.9. The van der Waals surface area contributed by atoms with Crippen LogP contribution in [0, 0.1) is 11.8 Å². The highest BCUT2D eigenvalue weighted by molar-refractivity contribution is 7.58. The van der Waals surface area contributed by atoms with Crippen LogP contribution < -0.4 is 5.32 Å². The largest absolute Gasteiger partial charge is 0.466 e. The number of rotatable bonds is 12. The summed E-state index contributed by atoms with van der Waals surface area (Å²) in [5.74, 6) is -3.85. The highest BCUT2D eigenvalue weighted by Crippen LogP contribution is 2.57. The summed E-state index contributed by atoms with van der Waals surface area (Å²) in [6.07, 6.45) is -0.885. The van der Waals surface area contributed by atoms with E-state index in [1.807, 2.05) is 18.2 Å². The molecule has 1 aromatic rings. The third-order valence-electron chi connectivity index (χ3n) is 4.75. The van der Waals surface area contributed by atoms with Gasteiger partial charge in [0.15, 0.2) is 6.73 Å². The minimum absolute atomic E-state index is 0.0128. The molecule has 1 amide bonds. The van der Waals surface area contributed by atoms with Crippen LogP contribution in [0.5, 0.6) is 0 Å². The van der Waals surface area contributed by atoms with Gasteiger partial charge in [0.05, 0.1) is 12.5 Å². The molecule has 1 fully saturated rings.